The van der Waals surface area contributed by atoms with Gasteiger partial charge in [0.1, 0.15) is 0 Å². The number of nitrogens with one attached hydrogen (secondary N) is 1. The summed E-state index contributed by atoms with van der Waals surface area (Å²) in [6.45, 7) is 0.212. The maximum Gasteiger partial charge on any atom is 0.253 e. The summed E-state index contributed by atoms with van der Waals surface area (Å²) in [6, 6.07) is 6.82. The van der Waals surface area contributed by atoms with Crippen molar-refractivity contribution >= 4 is 17.5 Å². The Kier molecular flexibility index (Phi) is 3.36. The number of benzene rings is 1. The summed E-state index contributed by atoms with van der Waals surface area (Å²) in [5.74, 6) is 2.07. The molecule has 0 aliphatic rings. The lowest BCUT2D eigenvalue weighted by Crippen LogP contribution is -2.23. The molecule has 1 rings (SSSR count). The molecule has 0 fully saturated rings. The minimum Gasteiger partial charge on any atom is -0.341 e. The Bertz CT molecular complexity index is 354. The Hall–Kier alpha value is -1.46. The molecule has 13 heavy (non-hydrogen) atoms. The van der Waals surface area contributed by atoms with Crippen LogP contribution in [0.25, 0.3) is 0 Å². The number of carbonyl (C=O) groups excluding carboxylic acids is 1. The van der Waals surface area contributed by atoms with Crippen LogP contribution in [0.3, 0.4) is 0 Å². The summed E-state index contributed by atoms with van der Waals surface area (Å²) in [5, 5.41) is 2.96. The Labute approximate surface area is 81.9 Å². The van der Waals surface area contributed by atoms with Crippen LogP contribution in [-0.4, -0.2) is 12.5 Å². The fourth-order valence-corrected chi connectivity index (χ4v) is 1.09. The van der Waals surface area contributed by atoms with Gasteiger partial charge in [0.05, 0.1) is 17.1 Å². The molecule has 1 aromatic carbocycles. The third-order valence-electron chi connectivity index (χ3n) is 1.47. The molecule has 0 aliphatic carbocycles. The first-order valence-electron chi connectivity index (χ1n) is 3.72. The lowest BCUT2D eigenvalue weighted by atomic mass is 10.2. The molecule has 0 heterocycles. The summed E-state index contributed by atoms with van der Waals surface area (Å²) in [4.78, 5) is 11.3. The van der Waals surface area contributed by atoms with E-state index in [9.17, 15) is 4.79 Å². The highest BCUT2D eigenvalue weighted by Crippen LogP contribution is 2.14. The maximum atomic E-state index is 11.3. The number of rotatable bonds is 2. The molecule has 0 aromatic heterocycles. The first-order valence-corrected chi connectivity index (χ1v) is 4.09. The van der Waals surface area contributed by atoms with Crippen molar-refractivity contribution in [2.45, 2.75) is 0 Å². The SMILES string of the molecule is C#CCNC(=O)c1ccccc1Cl. The molecular formula is C10H8ClNO. The predicted molar refractivity (Wildman–Crippen MR) is 52.6 cm³/mol. The van der Waals surface area contributed by atoms with Crippen LogP contribution in [0.5, 0.6) is 0 Å². The molecule has 0 saturated carbocycles. The van der Waals surface area contributed by atoms with Crippen molar-refractivity contribution in [3.63, 3.8) is 0 Å². The first kappa shape index (κ1) is 9.63. The van der Waals surface area contributed by atoms with Gasteiger partial charge < -0.3 is 5.32 Å². The molecule has 1 aromatic rings. The Morgan fingerprint density at radius 2 is 2.23 bits per heavy atom. The minimum absolute atomic E-state index is 0.212. The van der Waals surface area contributed by atoms with E-state index in [0.29, 0.717) is 10.6 Å². The van der Waals surface area contributed by atoms with Crippen LogP contribution >= 0.6 is 11.6 Å². The van der Waals surface area contributed by atoms with Crippen LogP contribution < -0.4 is 5.32 Å². The average Bonchev–Trinajstić information content (AvgIpc) is 2.15. The van der Waals surface area contributed by atoms with Gasteiger partial charge in [-0.2, -0.15) is 0 Å². The summed E-state index contributed by atoms with van der Waals surface area (Å²) >= 11 is 5.79. The molecule has 2 nitrogen and oxygen atoms in total. The second kappa shape index (κ2) is 4.54. The van der Waals surface area contributed by atoms with E-state index >= 15 is 0 Å². The number of hydrogen-bond donors (Lipinski definition) is 1. The monoisotopic (exact) mass is 193 g/mol. The van der Waals surface area contributed by atoms with Gasteiger partial charge in [-0.05, 0) is 12.1 Å². The number of carbonyl (C=O) groups is 1. The Balaban J connectivity index is 2.78. The van der Waals surface area contributed by atoms with Crippen molar-refractivity contribution in [3.05, 3.63) is 34.9 Å². The highest BCUT2D eigenvalue weighted by molar-refractivity contribution is 6.33. The molecule has 1 amide bonds. The standard InChI is InChI=1S/C10H8ClNO/c1-2-7-12-10(13)8-5-3-4-6-9(8)11/h1,3-6H,7H2,(H,12,13). The normalized spacial score (nSPS) is 8.92. The third-order valence-corrected chi connectivity index (χ3v) is 1.80. The number of terminal acetylenes is 1. The van der Waals surface area contributed by atoms with E-state index in [1.807, 2.05) is 0 Å². The van der Waals surface area contributed by atoms with Crippen LogP contribution in [-0.2, 0) is 0 Å². The van der Waals surface area contributed by atoms with Crippen molar-refractivity contribution in [1.29, 1.82) is 0 Å². The van der Waals surface area contributed by atoms with Gasteiger partial charge in [-0.1, -0.05) is 29.7 Å². The number of halogens is 1. The smallest absolute Gasteiger partial charge is 0.253 e. The zero-order valence-electron chi connectivity index (χ0n) is 6.88. The third kappa shape index (κ3) is 2.50. The number of hydrogen-bond acceptors (Lipinski definition) is 1. The van der Waals surface area contributed by atoms with Gasteiger partial charge in [-0.3, -0.25) is 4.79 Å². The van der Waals surface area contributed by atoms with Gasteiger partial charge in [0.25, 0.3) is 5.91 Å². The largest absolute Gasteiger partial charge is 0.341 e. The minimum atomic E-state index is -0.247. The summed E-state index contributed by atoms with van der Waals surface area (Å²) in [6.07, 6.45) is 5.00. The molecule has 0 bridgehead atoms. The van der Waals surface area contributed by atoms with E-state index in [2.05, 4.69) is 11.2 Å². The molecule has 0 radical (unpaired) electrons. The van der Waals surface area contributed by atoms with E-state index in [1.165, 1.54) is 0 Å². The molecule has 3 heteroatoms. The highest BCUT2D eigenvalue weighted by atomic mass is 35.5. The van der Waals surface area contributed by atoms with E-state index < -0.39 is 0 Å². The fourth-order valence-electron chi connectivity index (χ4n) is 0.872. The van der Waals surface area contributed by atoms with Crippen molar-refractivity contribution in [2.24, 2.45) is 0 Å². The van der Waals surface area contributed by atoms with Gasteiger partial charge in [0.15, 0.2) is 0 Å². The van der Waals surface area contributed by atoms with Crippen molar-refractivity contribution in [2.75, 3.05) is 6.54 Å². The van der Waals surface area contributed by atoms with Gasteiger partial charge in [0.2, 0.25) is 0 Å². The number of amides is 1. The van der Waals surface area contributed by atoms with Crippen LogP contribution in [0, 0.1) is 12.3 Å². The van der Waals surface area contributed by atoms with E-state index in [1.54, 1.807) is 24.3 Å². The molecule has 1 N–H and O–H groups in total. The molecule has 0 saturated heterocycles. The summed E-state index contributed by atoms with van der Waals surface area (Å²) in [5.41, 5.74) is 0.444. The summed E-state index contributed by atoms with van der Waals surface area (Å²) in [7, 11) is 0. The van der Waals surface area contributed by atoms with Gasteiger partial charge >= 0.3 is 0 Å². The second-order valence-corrected chi connectivity index (χ2v) is 2.77. The summed E-state index contributed by atoms with van der Waals surface area (Å²) < 4.78 is 0. The fraction of sp³-hybridized carbons (Fsp3) is 0.100. The predicted octanol–water partition coefficient (Wildman–Crippen LogP) is 1.70. The Morgan fingerprint density at radius 3 is 2.85 bits per heavy atom. The van der Waals surface area contributed by atoms with E-state index in [-0.39, 0.29) is 12.5 Å². The van der Waals surface area contributed by atoms with E-state index in [4.69, 9.17) is 18.0 Å². The quantitative estimate of drug-likeness (QED) is 0.712. The van der Waals surface area contributed by atoms with Gasteiger partial charge in [-0.15, -0.1) is 6.42 Å². The Morgan fingerprint density at radius 1 is 1.54 bits per heavy atom. The topological polar surface area (TPSA) is 29.1 Å². The molecule has 66 valence electrons. The maximum absolute atomic E-state index is 11.3. The van der Waals surface area contributed by atoms with Crippen LogP contribution in [0.4, 0.5) is 0 Å². The molecular weight excluding hydrogens is 186 g/mol. The lowest BCUT2D eigenvalue weighted by molar-refractivity contribution is 0.0959. The lowest BCUT2D eigenvalue weighted by Gasteiger charge is -2.02. The van der Waals surface area contributed by atoms with Gasteiger partial charge in [-0.25, -0.2) is 0 Å². The van der Waals surface area contributed by atoms with Crippen LogP contribution in [0.15, 0.2) is 24.3 Å². The molecule has 0 atom stereocenters. The van der Waals surface area contributed by atoms with Gasteiger partial charge in [0, 0.05) is 0 Å². The van der Waals surface area contributed by atoms with Crippen LogP contribution in [0.2, 0.25) is 5.02 Å². The second-order valence-electron chi connectivity index (χ2n) is 2.37. The van der Waals surface area contributed by atoms with Crippen molar-refractivity contribution in [3.8, 4) is 12.3 Å². The highest BCUT2D eigenvalue weighted by Gasteiger charge is 2.07. The van der Waals surface area contributed by atoms with Crippen LogP contribution in [0.1, 0.15) is 10.4 Å². The average molecular weight is 194 g/mol. The molecule has 0 unspecified atom stereocenters. The van der Waals surface area contributed by atoms with Crippen molar-refractivity contribution < 1.29 is 4.79 Å². The first-order chi connectivity index (χ1) is 6.25. The zero-order chi connectivity index (χ0) is 9.68. The van der Waals surface area contributed by atoms with Crippen molar-refractivity contribution in [1.82, 2.24) is 5.32 Å². The van der Waals surface area contributed by atoms with E-state index in [0.717, 1.165) is 0 Å². The zero-order valence-corrected chi connectivity index (χ0v) is 7.64. The molecule has 0 spiro atoms. The molecule has 0 aliphatic heterocycles.